The van der Waals surface area contributed by atoms with Gasteiger partial charge in [-0.15, -0.1) is 0 Å². The molecule has 1 aliphatic heterocycles. The third-order valence-corrected chi connectivity index (χ3v) is 5.46. The van der Waals surface area contributed by atoms with Crippen molar-refractivity contribution in [1.82, 2.24) is 20.2 Å². The van der Waals surface area contributed by atoms with E-state index in [0.29, 0.717) is 15.9 Å². The number of thioether (sulfide) groups is 1. The van der Waals surface area contributed by atoms with Gasteiger partial charge in [0, 0.05) is 13.1 Å². The number of aryl methyl sites for hydroxylation is 1. The molecule has 3 aromatic rings. The molecule has 150 valence electrons. The SMILES string of the molecule is Cc1ccc(/C=C2\SC(=O)N(CCNC(=O)c3cnc4ccccc4n3)C2=O)cc1. The van der Waals surface area contributed by atoms with Crippen molar-refractivity contribution in [1.29, 1.82) is 0 Å². The Morgan fingerprint density at radius 2 is 1.83 bits per heavy atom. The second kappa shape index (κ2) is 8.46. The molecule has 1 aliphatic rings. The third kappa shape index (κ3) is 4.23. The first-order chi connectivity index (χ1) is 14.5. The van der Waals surface area contributed by atoms with E-state index in [-0.39, 0.29) is 29.9 Å². The van der Waals surface area contributed by atoms with Gasteiger partial charge < -0.3 is 5.32 Å². The number of amides is 3. The van der Waals surface area contributed by atoms with Gasteiger partial charge in [-0.2, -0.15) is 0 Å². The predicted octanol–water partition coefficient (Wildman–Crippen LogP) is 3.40. The molecule has 7 nitrogen and oxygen atoms in total. The van der Waals surface area contributed by atoms with Crippen molar-refractivity contribution in [2.24, 2.45) is 0 Å². The van der Waals surface area contributed by atoms with E-state index in [0.717, 1.165) is 27.8 Å². The number of fused-ring (bicyclic) bond motifs is 1. The summed E-state index contributed by atoms with van der Waals surface area (Å²) < 4.78 is 0. The van der Waals surface area contributed by atoms with Crippen molar-refractivity contribution in [3.63, 3.8) is 0 Å². The van der Waals surface area contributed by atoms with E-state index in [1.54, 1.807) is 12.1 Å². The Morgan fingerprint density at radius 3 is 2.60 bits per heavy atom. The van der Waals surface area contributed by atoms with Crippen molar-refractivity contribution < 1.29 is 14.4 Å². The molecule has 4 rings (SSSR count). The van der Waals surface area contributed by atoms with Crippen LogP contribution < -0.4 is 5.32 Å². The number of carbonyl (C=O) groups excluding carboxylic acids is 3. The Balaban J connectivity index is 1.37. The Hall–Kier alpha value is -3.52. The Bertz CT molecular complexity index is 1170. The highest BCUT2D eigenvalue weighted by molar-refractivity contribution is 8.18. The van der Waals surface area contributed by atoms with E-state index in [1.165, 1.54) is 6.20 Å². The highest BCUT2D eigenvalue weighted by Crippen LogP contribution is 2.31. The number of carbonyl (C=O) groups is 3. The molecule has 1 fully saturated rings. The Labute approximate surface area is 177 Å². The van der Waals surface area contributed by atoms with Crippen LogP contribution in [0.4, 0.5) is 4.79 Å². The lowest BCUT2D eigenvalue weighted by Gasteiger charge is -2.12. The standard InChI is InChI=1S/C22H18N4O3S/c1-14-6-8-15(9-7-14)12-19-21(28)26(22(29)30-19)11-10-23-20(27)18-13-24-16-4-2-3-5-17(16)25-18/h2-9,12-13H,10-11H2,1H3,(H,23,27)/b19-12-. The van der Waals surface area contributed by atoms with E-state index >= 15 is 0 Å². The quantitative estimate of drug-likeness (QED) is 0.639. The molecule has 0 aliphatic carbocycles. The maximum absolute atomic E-state index is 12.6. The van der Waals surface area contributed by atoms with Crippen LogP contribution in [0.5, 0.6) is 0 Å². The van der Waals surface area contributed by atoms with Gasteiger partial charge in [-0.3, -0.25) is 24.3 Å². The number of imide groups is 1. The van der Waals surface area contributed by atoms with Crippen LogP contribution in [-0.4, -0.2) is 45.0 Å². The molecule has 1 aromatic heterocycles. The van der Waals surface area contributed by atoms with E-state index in [9.17, 15) is 14.4 Å². The van der Waals surface area contributed by atoms with E-state index in [1.807, 2.05) is 49.4 Å². The van der Waals surface area contributed by atoms with Crippen molar-refractivity contribution in [2.75, 3.05) is 13.1 Å². The predicted molar refractivity (Wildman–Crippen MR) is 116 cm³/mol. The number of nitrogens with zero attached hydrogens (tertiary/aromatic N) is 3. The Morgan fingerprint density at radius 1 is 1.10 bits per heavy atom. The fourth-order valence-corrected chi connectivity index (χ4v) is 3.81. The van der Waals surface area contributed by atoms with Gasteiger partial charge in [-0.1, -0.05) is 42.0 Å². The van der Waals surface area contributed by atoms with Crippen LogP contribution in [0.25, 0.3) is 17.1 Å². The Kier molecular flexibility index (Phi) is 5.58. The summed E-state index contributed by atoms with van der Waals surface area (Å²) in [6.07, 6.45) is 3.11. The minimum absolute atomic E-state index is 0.0860. The third-order valence-electron chi connectivity index (χ3n) is 4.55. The highest BCUT2D eigenvalue weighted by atomic mass is 32.2. The number of hydrogen-bond donors (Lipinski definition) is 1. The van der Waals surface area contributed by atoms with Crippen molar-refractivity contribution in [3.8, 4) is 0 Å². The zero-order valence-electron chi connectivity index (χ0n) is 16.2. The van der Waals surface area contributed by atoms with Gasteiger partial charge in [0.1, 0.15) is 5.69 Å². The fourth-order valence-electron chi connectivity index (χ4n) is 2.95. The summed E-state index contributed by atoms with van der Waals surface area (Å²) in [5.74, 6) is -0.763. The molecular weight excluding hydrogens is 400 g/mol. The molecular formula is C22H18N4O3S. The topological polar surface area (TPSA) is 92.3 Å². The lowest BCUT2D eigenvalue weighted by Crippen LogP contribution is -2.37. The molecule has 0 radical (unpaired) electrons. The second-order valence-corrected chi connectivity index (χ2v) is 7.74. The molecule has 8 heteroatoms. The van der Waals surface area contributed by atoms with Gasteiger partial charge in [0.05, 0.1) is 22.1 Å². The van der Waals surface area contributed by atoms with Crippen LogP contribution in [0.2, 0.25) is 0 Å². The summed E-state index contributed by atoms with van der Waals surface area (Å²) in [5.41, 5.74) is 3.48. The summed E-state index contributed by atoms with van der Waals surface area (Å²) in [7, 11) is 0. The second-order valence-electron chi connectivity index (χ2n) is 6.74. The average molecular weight is 418 g/mol. The zero-order chi connectivity index (χ0) is 21.1. The maximum atomic E-state index is 12.6. The van der Waals surface area contributed by atoms with E-state index < -0.39 is 5.91 Å². The normalized spacial score (nSPS) is 15.2. The molecule has 0 bridgehead atoms. The molecule has 3 amide bonds. The number of nitrogens with one attached hydrogen (secondary N) is 1. The van der Waals surface area contributed by atoms with Crippen LogP contribution >= 0.6 is 11.8 Å². The number of aromatic nitrogens is 2. The van der Waals surface area contributed by atoms with Gasteiger partial charge in [-0.25, -0.2) is 4.98 Å². The number of para-hydroxylation sites is 2. The van der Waals surface area contributed by atoms with Crippen LogP contribution in [0.15, 0.2) is 59.6 Å². The molecule has 0 spiro atoms. The van der Waals surface area contributed by atoms with Crippen molar-refractivity contribution >= 4 is 45.9 Å². The molecule has 1 N–H and O–H groups in total. The lowest BCUT2D eigenvalue weighted by atomic mass is 10.1. The number of hydrogen-bond acceptors (Lipinski definition) is 6. The number of benzene rings is 2. The first-order valence-electron chi connectivity index (χ1n) is 9.33. The summed E-state index contributed by atoms with van der Waals surface area (Å²) in [6.45, 7) is 2.20. The molecule has 1 saturated heterocycles. The van der Waals surface area contributed by atoms with Crippen molar-refractivity contribution in [3.05, 3.63) is 76.5 Å². The van der Waals surface area contributed by atoms with Gasteiger partial charge in [0.2, 0.25) is 0 Å². The summed E-state index contributed by atoms with van der Waals surface area (Å²) in [4.78, 5) is 47.1. The van der Waals surface area contributed by atoms with E-state index in [2.05, 4.69) is 15.3 Å². The molecule has 0 unspecified atom stereocenters. The van der Waals surface area contributed by atoms with Crippen LogP contribution in [0, 0.1) is 6.92 Å². The molecule has 30 heavy (non-hydrogen) atoms. The van der Waals surface area contributed by atoms with Crippen LogP contribution in [0.3, 0.4) is 0 Å². The molecule has 2 aromatic carbocycles. The van der Waals surface area contributed by atoms with Crippen LogP contribution in [-0.2, 0) is 4.79 Å². The largest absolute Gasteiger partial charge is 0.349 e. The zero-order valence-corrected chi connectivity index (χ0v) is 17.0. The first-order valence-corrected chi connectivity index (χ1v) is 10.1. The van der Waals surface area contributed by atoms with Gasteiger partial charge in [-0.05, 0) is 42.5 Å². The maximum Gasteiger partial charge on any atom is 0.293 e. The van der Waals surface area contributed by atoms with Crippen molar-refractivity contribution in [2.45, 2.75) is 6.92 Å². The molecule has 0 saturated carbocycles. The average Bonchev–Trinajstić information content (AvgIpc) is 3.02. The minimum Gasteiger partial charge on any atom is -0.349 e. The van der Waals surface area contributed by atoms with Gasteiger partial charge in [0.15, 0.2) is 0 Å². The summed E-state index contributed by atoms with van der Waals surface area (Å²) in [5, 5.41) is 2.34. The van der Waals surface area contributed by atoms with Gasteiger partial charge >= 0.3 is 0 Å². The summed E-state index contributed by atoms with van der Waals surface area (Å²) in [6, 6.07) is 14.9. The van der Waals surface area contributed by atoms with Gasteiger partial charge in [0.25, 0.3) is 17.1 Å². The lowest BCUT2D eigenvalue weighted by molar-refractivity contribution is -0.122. The monoisotopic (exact) mass is 418 g/mol. The molecule has 2 heterocycles. The fraction of sp³-hybridized carbons (Fsp3) is 0.136. The minimum atomic E-state index is -0.407. The number of rotatable bonds is 5. The molecule has 0 atom stereocenters. The van der Waals surface area contributed by atoms with E-state index in [4.69, 9.17) is 0 Å². The van der Waals surface area contributed by atoms with Crippen LogP contribution in [0.1, 0.15) is 21.6 Å². The highest BCUT2D eigenvalue weighted by Gasteiger charge is 2.34. The summed E-state index contributed by atoms with van der Waals surface area (Å²) >= 11 is 0.901. The first kappa shape index (κ1) is 19.8. The smallest absolute Gasteiger partial charge is 0.293 e.